The van der Waals surface area contributed by atoms with Gasteiger partial charge in [-0.1, -0.05) is 37.6 Å². The van der Waals surface area contributed by atoms with Crippen LogP contribution < -0.4 is 4.74 Å². The van der Waals surface area contributed by atoms with Gasteiger partial charge in [0, 0.05) is 5.92 Å². The number of ether oxygens (including phenoxy) is 1. The van der Waals surface area contributed by atoms with Gasteiger partial charge in [-0.2, -0.15) is 0 Å². The Morgan fingerprint density at radius 1 is 1.22 bits per heavy atom. The average molecular weight is 310 g/mol. The minimum atomic E-state index is -1.01. The topological polar surface area (TPSA) is 43.4 Å². The highest BCUT2D eigenvalue weighted by Gasteiger charge is 2.63. The molecule has 0 aromatic heterocycles. The molecule has 1 saturated carbocycles. The number of benzene rings is 1. The van der Waals surface area contributed by atoms with E-state index < -0.39 is 5.41 Å². The summed E-state index contributed by atoms with van der Waals surface area (Å²) in [5.74, 6) is 1.12. The third kappa shape index (κ3) is 1.82. The number of rotatable bonds is 1. The highest BCUT2D eigenvalue weighted by atomic mass is 16.5. The van der Waals surface area contributed by atoms with Crippen molar-refractivity contribution >= 4 is 11.8 Å². The van der Waals surface area contributed by atoms with Crippen LogP contribution in [0.1, 0.15) is 44.0 Å². The van der Waals surface area contributed by atoms with Crippen molar-refractivity contribution in [1.82, 2.24) is 0 Å². The summed E-state index contributed by atoms with van der Waals surface area (Å²) in [5, 5.41) is 0. The van der Waals surface area contributed by atoms with Crippen LogP contribution in [0.5, 0.6) is 5.75 Å². The van der Waals surface area contributed by atoms with Crippen LogP contribution in [-0.4, -0.2) is 11.8 Å². The monoisotopic (exact) mass is 310 g/mol. The molecule has 2 bridgehead atoms. The number of para-hydroxylation sites is 1. The summed E-state index contributed by atoms with van der Waals surface area (Å²) < 4.78 is 5.62. The van der Waals surface area contributed by atoms with Gasteiger partial charge in [0.15, 0.2) is 5.78 Å². The van der Waals surface area contributed by atoms with Gasteiger partial charge in [-0.05, 0) is 49.7 Å². The fourth-order valence-electron chi connectivity index (χ4n) is 4.90. The van der Waals surface area contributed by atoms with Gasteiger partial charge in [-0.15, -0.1) is 0 Å². The van der Waals surface area contributed by atoms with Crippen LogP contribution in [0.3, 0.4) is 0 Å². The molecule has 1 aromatic carbocycles. The number of esters is 1. The van der Waals surface area contributed by atoms with E-state index in [1.165, 1.54) is 5.57 Å². The zero-order valence-corrected chi connectivity index (χ0v) is 13.8. The molecule has 1 aliphatic heterocycles. The fourth-order valence-corrected chi connectivity index (χ4v) is 4.90. The lowest BCUT2D eigenvalue weighted by Gasteiger charge is -2.53. The number of fused-ring (bicyclic) bond motifs is 2. The van der Waals surface area contributed by atoms with E-state index in [-0.39, 0.29) is 17.7 Å². The SMILES string of the molecule is CC1=C[C@H]2[C@@H](C(C)C)C[C@@H]1C[C@@]21C(=O)Oc2ccccc2C1=O. The summed E-state index contributed by atoms with van der Waals surface area (Å²) in [6.45, 7) is 6.51. The van der Waals surface area contributed by atoms with Gasteiger partial charge in [0.05, 0.1) is 5.56 Å². The average Bonchev–Trinajstić information content (AvgIpc) is 2.53. The molecule has 3 nitrogen and oxygen atoms in total. The number of hydrogen-bond acceptors (Lipinski definition) is 3. The predicted octanol–water partition coefficient (Wildman–Crippen LogP) is 4.03. The number of carbonyl (C=O) groups is 2. The number of carbonyl (C=O) groups excluding carboxylic acids is 2. The molecule has 0 amide bonds. The van der Waals surface area contributed by atoms with Gasteiger partial charge in [0.25, 0.3) is 0 Å². The van der Waals surface area contributed by atoms with Crippen LogP contribution in [0.25, 0.3) is 0 Å². The molecular weight excluding hydrogens is 288 g/mol. The van der Waals surface area contributed by atoms with Gasteiger partial charge >= 0.3 is 5.97 Å². The van der Waals surface area contributed by atoms with Crippen molar-refractivity contribution < 1.29 is 14.3 Å². The zero-order chi connectivity index (χ0) is 16.4. The standard InChI is InChI=1S/C20H22O3/c1-11(2)15-9-13-10-20(16(15)8-12(13)3)18(21)14-6-4-5-7-17(14)23-19(20)22/h4-8,11,13,15-16H,9-10H2,1-3H3/t13-,15-,16+,20-/m1/s1. The van der Waals surface area contributed by atoms with Crippen LogP contribution >= 0.6 is 0 Å². The lowest BCUT2D eigenvalue weighted by molar-refractivity contribution is -0.151. The molecule has 120 valence electrons. The van der Waals surface area contributed by atoms with E-state index in [4.69, 9.17) is 4.74 Å². The van der Waals surface area contributed by atoms with E-state index in [0.29, 0.717) is 35.5 Å². The second-order valence-electron chi connectivity index (χ2n) is 7.67. The highest BCUT2D eigenvalue weighted by molar-refractivity contribution is 6.17. The summed E-state index contributed by atoms with van der Waals surface area (Å²) in [7, 11) is 0. The molecule has 0 unspecified atom stereocenters. The van der Waals surface area contributed by atoms with Gasteiger partial charge in [0.1, 0.15) is 11.2 Å². The van der Waals surface area contributed by atoms with Crippen molar-refractivity contribution in [3.8, 4) is 5.75 Å². The first-order chi connectivity index (χ1) is 10.9. The third-order valence-electron chi connectivity index (χ3n) is 6.20. The molecule has 3 heteroatoms. The smallest absolute Gasteiger partial charge is 0.326 e. The molecule has 5 rings (SSSR count). The molecule has 4 aliphatic rings. The van der Waals surface area contributed by atoms with Crippen molar-refractivity contribution in [2.45, 2.75) is 33.6 Å². The van der Waals surface area contributed by atoms with Crippen LogP contribution in [-0.2, 0) is 4.79 Å². The van der Waals surface area contributed by atoms with Crippen molar-refractivity contribution in [2.75, 3.05) is 0 Å². The number of allylic oxidation sites excluding steroid dienone is 2. The van der Waals surface area contributed by atoms with E-state index in [0.717, 1.165) is 6.42 Å². The van der Waals surface area contributed by atoms with Crippen molar-refractivity contribution in [3.05, 3.63) is 41.5 Å². The molecule has 1 aromatic rings. The molecule has 0 radical (unpaired) electrons. The first-order valence-corrected chi connectivity index (χ1v) is 8.49. The van der Waals surface area contributed by atoms with Gasteiger partial charge in [-0.25, -0.2) is 0 Å². The lowest BCUT2D eigenvalue weighted by Crippen LogP contribution is -2.58. The Balaban J connectivity index is 1.88. The Morgan fingerprint density at radius 3 is 2.65 bits per heavy atom. The quantitative estimate of drug-likeness (QED) is 0.340. The Kier molecular flexibility index (Phi) is 3.06. The van der Waals surface area contributed by atoms with Crippen molar-refractivity contribution in [2.24, 2.45) is 29.1 Å². The first-order valence-electron chi connectivity index (χ1n) is 8.49. The van der Waals surface area contributed by atoms with Gasteiger partial charge in [-0.3, -0.25) is 9.59 Å². The minimum absolute atomic E-state index is 0.0338. The second kappa shape index (κ2) is 4.80. The second-order valence-corrected chi connectivity index (χ2v) is 7.67. The number of Topliss-reactive ketones (excluding diaryl/α,β-unsaturated/α-hetero) is 1. The predicted molar refractivity (Wildman–Crippen MR) is 87.1 cm³/mol. The molecule has 4 atom stereocenters. The molecule has 1 heterocycles. The summed E-state index contributed by atoms with van der Waals surface area (Å²) in [4.78, 5) is 26.3. The maximum absolute atomic E-state index is 13.3. The maximum atomic E-state index is 13.3. The molecular formula is C20H22O3. The Labute approximate surface area is 136 Å². The van der Waals surface area contributed by atoms with E-state index >= 15 is 0 Å². The van der Waals surface area contributed by atoms with Crippen LogP contribution in [0.2, 0.25) is 0 Å². The Hall–Kier alpha value is -1.90. The van der Waals surface area contributed by atoms with E-state index in [1.807, 2.05) is 6.07 Å². The molecule has 0 saturated heterocycles. The largest absolute Gasteiger partial charge is 0.425 e. The summed E-state index contributed by atoms with van der Waals surface area (Å²) >= 11 is 0. The fraction of sp³-hybridized carbons (Fsp3) is 0.500. The normalized spacial score (nSPS) is 35.3. The van der Waals surface area contributed by atoms with Crippen LogP contribution in [0.15, 0.2) is 35.9 Å². The van der Waals surface area contributed by atoms with E-state index in [9.17, 15) is 9.59 Å². The third-order valence-corrected chi connectivity index (χ3v) is 6.20. The van der Waals surface area contributed by atoms with E-state index in [1.54, 1.807) is 18.2 Å². The maximum Gasteiger partial charge on any atom is 0.326 e. The molecule has 23 heavy (non-hydrogen) atoms. The first kappa shape index (κ1) is 14.7. The summed E-state index contributed by atoms with van der Waals surface area (Å²) in [6.07, 6.45) is 3.87. The van der Waals surface area contributed by atoms with Crippen molar-refractivity contribution in [1.29, 1.82) is 0 Å². The van der Waals surface area contributed by atoms with Gasteiger partial charge < -0.3 is 4.74 Å². The minimum Gasteiger partial charge on any atom is -0.425 e. The highest BCUT2D eigenvalue weighted by Crippen LogP contribution is 2.59. The summed E-state index contributed by atoms with van der Waals surface area (Å²) in [5.41, 5.74) is 0.885. The molecule has 3 aliphatic carbocycles. The molecule has 0 N–H and O–H groups in total. The Bertz CT molecular complexity index is 730. The summed E-state index contributed by atoms with van der Waals surface area (Å²) in [6, 6.07) is 7.13. The number of ketones is 1. The van der Waals surface area contributed by atoms with E-state index in [2.05, 4.69) is 26.8 Å². The zero-order valence-electron chi connectivity index (χ0n) is 13.8. The lowest BCUT2D eigenvalue weighted by atomic mass is 9.49. The molecule has 1 fully saturated rings. The van der Waals surface area contributed by atoms with Crippen LogP contribution in [0, 0.1) is 29.1 Å². The van der Waals surface area contributed by atoms with Crippen LogP contribution in [0.4, 0.5) is 0 Å². The molecule has 1 spiro atoms. The van der Waals surface area contributed by atoms with Crippen molar-refractivity contribution in [3.63, 3.8) is 0 Å². The number of hydrogen-bond donors (Lipinski definition) is 0. The van der Waals surface area contributed by atoms with Gasteiger partial charge in [0.2, 0.25) is 0 Å². The Morgan fingerprint density at radius 2 is 1.96 bits per heavy atom.